The van der Waals surface area contributed by atoms with Crippen LogP contribution in [0.1, 0.15) is 19.5 Å². The van der Waals surface area contributed by atoms with Gasteiger partial charge < -0.3 is 20.3 Å². The van der Waals surface area contributed by atoms with Crippen molar-refractivity contribution in [3.05, 3.63) is 36.0 Å². The number of aryl methyl sites for hydroxylation is 1. The third-order valence-electron chi connectivity index (χ3n) is 4.11. The molecule has 7 nitrogen and oxygen atoms in total. The highest BCUT2D eigenvalue weighted by atomic mass is 16.5. The van der Waals surface area contributed by atoms with Gasteiger partial charge in [0, 0.05) is 42.1 Å². The molecule has 1 saturated heterocycles. The van der Waals surface area contributed by atoms with Crippen LogP contribution >= 0.6 is 0 Å². The molecule has 2 N–H and O–H groups in total. The van der Waals surface area contributed by atoms with E-state index < -0.39 is 0 Å². The maximum Gasteiger partial charge on any atom is 0.229 e. The number of benzene rings is 1. The normalized spacial score (nSPS) is 14.4. The lowest BCUT2D eigenvalue weighted by Crippen LogP contribution is -2.36. The molecular formula is C19H25N5O2. The molecule has 1 fully saturated rings. The van der Waals surface area contributed by atoms with Crippen molar-refractivity contribution in [2.45, 2.75) is 20.8 Å². The minimum absolute atomic E-state index is 0.00267. The first kappa shape index (κ1) is 18.1. The second kappa shape index (κ2) is 8.14. The maximum absolute atomic E-state index is 11.8. The van der Waals surface area contributed by atoms with Crippen LogP contribution in [0.25, 0.3) is 0 Å². The molecule has 2 aromatic rings. The Morgan fingerprint density at radius 3 is 2.42 bits per heavy atom. The summed E-state index contributed by atoms with van der Waals surface area (Å²) in [6.45, 7) is 8.80. The number of ether oxygens (including phenoxy) is 1. The number of hydrogen-bond acceptors (Lipinski definition) is 6. The molecule has 0 atom stereocenters. The largest absolute Gasteiger partial charge is 0.378 e. The van der Waals surface area contributed by atoms with Crippen LogP contribution in [-0.2, 0) is 9.53 Å². The molecule has 1 aliphatic rings. The van der Waals surface area contributed by atoms with Crippen molar-refractivity contribution in [3.8, 4) is 0 Å². The number of carbonyl (C=O) groups is 1. The Kier molecular flexibility index (Phi) is 5.68. The molecule has 1 aliphatic heterocycles. The second-order valence-electron chi connectivity index (χ2n) is 6.64. The Labute approximate surface area is 153 Å². The monoisotopic (exact) mass is 355 g/mol. The van der Waals surface area contributed by atoms with Crippen molar-refractivity contribution in [3.63, 3.8) is 0 Å². The molecule has 138 valence electrons. The zero-order valence-corrected chi connectivity index (χ0v) is 15.5. The van der Waals surface area contributed by atoms with Crippen molar-refractivity contribution in [1.82, 2.24) is 9.97 Å². The fourth-order valence-electron chi connectivity index (χ4n) is 2.61. The molecule has 0 aliphatic carbocycles. The topological polar surface area (TPSA) is 79.4 Å². The standard InChI is InChI=1S/C19H25N5O2/c1-13(2)18(25)21-15-4-6-16(7-5-15)22-19-20-14(3)12-17(23-19)24-8-10-26-11-9-24/h4-7,12-13H,8-11H2,1-3H3,(H,21,25)(H,20,22,23). The molecule has 1 aromatic heterocycles. The van der Waals surface area contributed by atoms with Crippen LogP contribution in [0.3, 0.4) is 0 Å². The summed E-state index contributed by atoms with van der Waals surface area (Å²) in [6, 6.07) is 9.51. The van der Waals surface area contributed by atoms with Gasteiger partial charge in [0.05, 0.1) is 13.2 Å². The van der Waals surface area contributed by atoms with Gasteiger partial charge in [-0.25, -0.2) is 4.98 Å². The molecule has 2 heterocycles. The lowest BCUT2D eigenvalue weighted by atomic mass is 10.2. The highest BCUT2D eigenvalue weighted by Crippen LogP contribution is 2.20. The van der Waals surface area contributed by atoms with E-state index in [1.165, 1.54) is 0 Å². The lowest BCUT2D eigenvalue weighted by Gasteiger charge is -2.28. The van der Waals surface area contributed by atoms with Gasteiger partial charge in [-0.3, -0.25) is 4.79 Å². The number of anilines is 4. The number of amides is 1. The summed E-state index contributed by atoms with van der Waals surface area (Å²) < 4.78 is 5.40. The Bertz CT molecular complexity index is 755. The summed E-state index contributed by atoms with van der Waals surface area (Å²) in [5, 5.41) is 6.11. The maximum atomic E-state index is 11.8. The van der Waals surface area contributed by atoms with Gasteiger partial charge in [-0.2, -0.15) is 4.98 Å². The smallest absolute Gasteiger partial charge is 0.229 e. The number of morpholine rings is 1. The molecule has 0 unspecified atom stereocenters. The van der Waals surface area contributed by atoms with Crippen molar-refractivity contribution in [1.29, 1.82) is 0 Å². The Balaban J connectivity index is 1.70. The number of rotatable bonds is 5. The molecule has 3 rings (SSSR count). The number of nitrogens with one attached hydrogen (secondary N) is 2. The van der Waals surface area contributed by atoms with E-state index in [1.54, 1.807) is 0 Å². The fourth-order valence-corrected chi connectivity index (χ4v) is 2.61. The number of nitrogens with zero attached hydrogens (tertiary/aromatic N) is 3. The average molecular weight is 355 g/mol. The van der Waals surface area contributed by atoms with Gasteiger partial charge in [-0.1, -0.05) is 13.8 Å². The molecule has 0 bridgehead atoms. The molecule has 7 heteroatoms. The minimum Gasteiger partial charge on any atom is -0.378 e. The molecule has 0 saturated carbocycles. The third-order valence-corrected chi connectivity index (χ3v) is 4.11. The fraction of sp³-hybridized carbons (Fsp3) is 0.421. The summed E-state index contributed by atoms with van der Waals surface area (Å²) in [6.07, 6.45) is 0. The van der Waals surface area contributed by atoms with Gasteiger partial charge in [0.15, 0.2) is 0 Å². The van der Waals surface area contributed by atoms with Gasteiger partial charge in [0.1, 0.15) is 5.82 Å². The van der Waals surface area contributed by atoms with Crippen LogP contribution < -0.4 is 15.5 Å². The van der Waals surface area contributed by atoms with Crippen LogP contribution in [0.5, 0.6) is 0 Å². The molecule has 26 heavy (non-hydrogen) atoms. The summed E-state index contributed by atoms with van der Waals surface area (Å²) in [5.74, 6) is 1.42. The van der Waals surface area contributed by atoms with Crippen LogP contribution in [0.2, 0.25) is 0 Å². The molecule has 1 amide bonds. The summed E-state index contributed by atoms with van der Waals surface area (Å²) in [7, 11) is 0. The van der Waals surface area contributed by atoms with Gasteiger partial charge >= 0.3 is 0 Å². The zero-order valence-electron chi connectivity index (χ0n) is 15.5. The van der Waals surface area contributed by atoms with Gasteiger partial charge in [0.25, 0.3) is 0 Å². The van der Waals surface area contributed by atoms with E-state index in [4.69, 9.17) is 4.74 Å². The van der Waals surface area contributed by atoms with Crippen molar-refractivity contribution in [2.24, 2.45) is 5.92 Å². The van der Waals surface area contributed by atoms with Crippen molar-refractivity contribution in [2.75, 3.05) is 41.8 Å². The number of hydrogen-bond donors (Lipinski definition) is 2. The molecule has 1 aromatic carbocycles. The third kappa shape index (κ3) is 4.70. The van der Waals surface area contributed by atoms with E-state index in [9.17, 15) is 4.79 Å². The predicted molar refractivity (Wildman–Crippen MR) is 103 cm³/mol. The number of aromatic nitrogens is 2. The summed E-state index contributed by atoms with van der Waals surface area (Å²) in [4.78, 5) is 23.0. The van der Waals surface area contributed by atoms with E-state index in [-0.39, 0.29) is 11.8 Å². The van der Waals surface area contributed by atoms with Crippen LogP contribution in [0, 0.1) is 12.8 Å². The first-order chi connectivity index (χ1) is 12.5. The predicted octanol–water partition coefficient (Wildman–Crippen LogP) is 2.96. The average Bonchev–Trinajstić information content (AvgIpc) is 2.63. The minimum atomic E-state index is -0.0490. The lowest BCUT2D eigenvalue weighted by molar-refractivity contribution is -0.118. The van der Waals surface area contributed by atoms with Gasteiger partial charge in [0.2, 0.25) is 11.9 Å². The molecule has 0 radical (unpaired) electrons. The first-order valence-electron chi connectivity index (χ1n) is 8.87. The van der Waals surface area contributed by atoms with Crippen molar-refractivity contribution < 1.29 is 9.53 Å². The van der Waals surface area contributed by atoms with E-state index >= 15 is 0 Å². The van der Waals surface area contributed by atoms with Crippen LogP contribution in [0.15, 0.2) is 30.3 Å². The Morgan fingerprint density at radius 1 is 1.12 bits per heavy atom. The quantitative estimate of drug-likeness (QED) is 0.858. The van der Waals surface area contributed by atoms with Crippen molar-refractivity contribution >= 4 is 29.0 Å². The zero-order chi connectivity index (χ0) is 18.5. The second-order valence-corrected chi connectivity index (χ2v) is 6.64. The van der Waals surface area contributed by atoms with E-state index in [0.717, 1.165) is 49.2 Å². The van der Waals surface area contributed by atoms with E-state index in [0.29, 0.717) is 5.95 Å². The van der Waals surface area contributed by atoms with Gasteiger partial charge in [-0.15, -0.1) is 0 Å². The number of carbonyl (C=O) groups excluding carboxylic acids is 1. The highest BCUT2D eigenvalue weighted by molar-refractivity contribution is 5.92. The SMILES string of the molecule is Cc1cc(N2CCOCC2)nc(Nc2ccc(NC(=O)C(C)C)cc2)n1. The summed E-state index contributed by atoms with van der Waals surface area (Å²) >= 11 is 0. The Morgan fingerprint density at radius 2 is 1.77 bits per heavy atom. The summed E-state index contributed by atoms with van der Waals surface area (Å²) in [5.41, 5.74) is 2.55. The van der Waals surface area contributed by atoms with Crippen LogP contribution in [0.4, 0.5) is 23.1 Å². The van der Waals surface area contributed by atoms with Crippen LogP contribution in [-0.4, -0.2) is 42.2 Å². The first-order valence-corrected chi connectivity index (χ1v) is 8.87. The Hall–Kier alpha value is -2.67. The molecular weight excluding hydrogens is 330 g/mol. The van der Waals surface area contributed by atoms with E-state index in [1.807, 2.05) is 51.1 Å². The van der Waals surface area contributed by atoms with Gasteiger partial charge in [-0.05, 0) is 31.2 Å². The molecule has 0 spiro atoms. The van der Waals surface area contributed by atoms with E-state index in [2.05, 4.69) is 25.5 Å². The highest BCUT2D eigenvalue weighted by Gasteiger charge is 2.14.